The number of nitrogens with one attached hydrogen (secondary N) is 1. The van der Waals surface area contributed by atoms with Gasteiger partial charge in [-0.1, -0.05) is 6.07 Å². The summed E-state index contributed by atoms with van der Waals surface area (Å²) in [5.74, 6) is 0.386. The fourth-order valence-corrected chi connectivity index (χ4v) is 4.67. The molecule has 0 bridgehead atoms. The number of carbonyl (C=O) groups is 1. The highest BCUT2D eigenvalue weighted by Crippen LogP contribution is 2.32. The van der Waals surface area contributed by atoms with Gasteiger partial charge in [0.1, 0.15) is 0 Å². The Morgan fingerprint density at radius 2 is 2.06 bits per heavy atom. The molecule has 9 heteroatoms. The third kappa shape index (κ3) is 5.14. The Bertz CT molecular complexity index is 1210. The number of aromatic nitrogens is 3. The Hall–Kier alpha value is -3.46. The van der Waals surface area contributed by atoms with E-state index in [0.717, 1.165) is 47.4 Å². The quantitative estimate of drug-likeness (QED) is 0.503. The Labute approximate surface area is 205 Å². The van der Waals surface area contributed by atoms with Gasteiger partial charge in [-0.25, -0.2) is 9.37 Å². The third-order valence-electron chi connectivity index (χ3n) is 6.31. The first-order valence-electron chi connectivity index (χ1n) is 11.9. The molecule has 8 nitrogen and oxygen atoms in total. The zero-order chi connectivity index (χ0) is 25.1. The number of anilines is 1. The van der Waals surface area contributed by atoms with Crippen LogP contribution in [-0.2, 0) is 19.5 Å². The van der Waals surface area contributed by atoms with Crippen molar-refractivity contribution in [3.63, 3.8) is 0 Å². The van der Waals surface area contributed by atoms with Crippen LogP contribution in [-0.4, -0.2) is 64.5 Å². The molecule has 35 heavy (non-hydrogen) atoms. The summed E-state index contributed by atoms with van der Waals surface area (Å²) in [6.07, 6.45) is 5.59. The van der Waals surface area contributed by atoms with Gasteiger partial charge in [0, 0.05) is 44.2 Å². The van der Waals surface area contributed by atoms with Crippen molar-refractivity contribution in [2.24, 2.45) is 0 Å². The van der Waals surface area contributed by atoms with Crippen molar-refractivity contribution >= 4 is 11.9 Å². The minimum Gasteiger partial charge on any atom is -0.491 e. The Balaban J connectivity index is 1.68. The summed E-state index contributed by atoms with van der Waals surface area (Å²) in [5, 5.41) is 3.10. The van der Waals surface area contributed by atoms with E-state index in [0.29, 0.717) is 25.4 Å². The van der Waals surface area contributed by atoms with Gasteiger partial charge in [-0.15, -0.1) is 0 Å². The van der Waals surface area contributed by atoms with Gasteiger partial charge in [0.25, 0.3) is 5.91 Å². The van der Waals surface area contributed by atoms with E-state index in [1.807, 2.05) is 49.8 Å². The van der Waals surface area contributed by atoms with E-state index < -0.39 is 5.82 Å². The normalized spacial score (nSPS) is 14.3. The number of rotatable bonds is 9. The first kappa shape index (κ1) is 24.7. The number of amides is 1. The van der Waals surface area contributed by atoms with Gasteiger partial charge >= 0.3 is 0 Å². The van der Waals surface area contributed by atoms with Gasteiger partial charge in [-0.2, -0.15) is 0 Å². The van der Waals surface area contributed by atoms with Crippen molar-refractivity contribution in [1.82, 2.24) is 24.3 Å². The number of hydrogen-bond donors (Lipinski definition) is 1. The SMILES string of the molecule is CCOc1cc([C@@H](C)N2CCc3c(CN(C)C)cc(Cn4ccnc4NC)cc3C2=O)ncc1F. The van der Waals surface area contributed by atoms with E-state index in [1.165, 1.54) is 0 Å². The molecule has 0 saturated heterocycles. The van der Waals surface area contributed by atoms with Gasteiger partial charge in [-0.3, -0.25) is 9.78 Å². The number of fused-ring (bicyclic) bond motifs is 1. The van der Waals surface area contributed by atoms with Crippen molar-refractivity contribution in [2.45, 2.75) is 39.4 Å². The highest BCUT2D eigenvalue weighted by Gasteiger charge is 2.31. The average molecular weight is 481 g/mol. The zero-order valence-corrected chi connectivity index (χ0v) is 21.0. The Morgan fingerprint density at radius 1 is 1.26 bits per heavy atom. The average Bonchev–Trinajstić information content (AvgIpc) is 3.27. The van der Waals surface area contributed by atoms with Crippen molar-refractivity contribution < 1.29 is 13.9 Å². The van der Waals surface area contributed by atoms with Gasteiger partial charge in [0.2, 0.25) is 5.95 Å². The summed E-state index contributed by atoms with van der Waals surface area (Å²) in [6.45, 7) is 6.01. The number of imidazole rings is 1. The molecule has 0 unspecified atom stereocenters. The number of hydrogen-bond acceptors (Lipinski definition) is 6. The van der Waals surface area contributed by atoms with Gasteiger partial charge in [0.05, 0.1) is 31.1 Å². The molecule has 1 N–H and O–H groups in total. The smallest absolute Gasteiger partial charge is 0.254 e. The molecular formula is C26H33FN6O2. The third-order valence-corrected chi connectivity index (χ3v) is 6.31. The molecule has 2 aromatic heterocycles. The van der Waals surface area contributed by atoms with Crippen molar-refractivity contribution in [1.29, 1.82) is 0 Å². The largest absolute Gasteiger partial charge is 0.491 e. The van der Waals surface area contributed by atoms with Crippen molar-refractivity contribution in [3.8, 4) is 5.75 Å². The van der Waals surface area contributed by atoms with Crippen LogP contribution in [0.1, 0.15) is 52.6 Å². The maximum atomic E-state index is 14.1. The summed E-state index contributed by atoms with van der Waals surface area (Å²) in [7, 11) is 5.90. The molecule has 0 radical (unpaired) electrons. The lowest BCUT2D eigenvalue weighted by atomic mass is 9.90. The van der Waals surface area contributed by atoms with E-state index in [9.17, 15) is 9.18 Å². The maximum absolute atomic E-state index is 14.1. The summed E-state index contributed by atoms with van der Waals surface area (Å²) in [6, 6.07) is 5.47. The summed E-state index contributed by atoms with van der Waals surface area (Å²) >= 11 is 0. The van der Waals surface area contributed by atoms with Crippen LogP contribution < -0.4 is 10.1 Å². The van der Waals surface area contributed by atoms with Crippen LogP contribution in [0.5, 0.6) is 5.75 Å². The Kier molecular flexibility index (Phi) is 7.35. The number of pyridine rings is 1. The molecule has 1 aliphatic heterocycles. The van der Waals surface area contributed by atoms with Crippen molar-refractivity contribution in [2.75, 3.05) is 39.6 Å². The number of nitrogens with zero attached hydrogens (tertiary/aromatic N) is 5. The van der Waals surface area contributed by atoms with Crippen molar-refractivity contribution in [3.05, 3.63) is 70.6 Å². The summed E-state index contributed by atoms with van der Waals surface area (Å²) in [5.41, 5.74) is 4.62. The molecule has 1 aromatic carbocycles. The minimum absolute atomic E-state index is 0.0378. The van der Waals surface area contributed by atoms with Gasteiger partial charge in [-0.05, 0) is 57.1 Å². The highest BCUT2D eigenvalue weighted by atomic mass is 19.1. The number of halogens is 1. The van der Waals surface area contributed by atoms with E-state index in [-0.39, 0.29) is 17.7 Å². The zero-order valence-electron chi connectivity index (χ0n) is 21.0. The first-order chi connectivity index (χ1) is 16.8. The second-order valence-electron chi connectivity index (χ2n) is 9.04. The van der Waals surface area contributed by atoms with E-state index >= 15 is 0 Å². The number of ether oxygens (including phenoxy) is 1. The lowest BCUT2D eigenvalue weighted by Crippen LogP contribution is -2.40. The Morgan fingerprint density at radius 3 is 2.77 bits per heavy atom. The molecule has 4 rings (SSSR count). The van der Waals surface area contributed by atoms with Crippen LogP contribution in [0.4, 0.5) is 10.3 Å². The van der Waals surface area contributed by atoms with E-state index in [2.05, 4.69) is 26.3 Å². The molecule has 0 saturated carbocycles. The van der Waals surface area contributed by atoms with Crippen LogP contribution in [0.2, 0.25) is 0 Å². The summed E-state index contributed by atoms with van der Waals surface area (Å²) in [4.78, 5) is 26.3. The van der Waals surface area contributed by atoms with Crippen LogP contribution in [0.15, 0.2) is 36.8 Å². The maximum Gasteiger partial charge on any atom is 0.254 e. The molecule has 0 spiro atoms. The predicted octanol–water partition coefficient (Wildman–Crippen LogP) is 3.73. The molecule has 3 heterocycles. The minimum atomic E-state index is -0.503. The van der Waals surface area contributed by atoms with Gasteiger partial charge in [0.15, 0.2) is 11.6 Å². The lowest BCUT2D eigenvalue weighted by molar-refractivity contribution is 0.0667. The molecule has 0 fully saturated rings. The van der Waals surface area contributed by atoms with Crippen LogP contribution >= 0.6 is 0 Å². The monoisotopic (exact) mass is 480 g/mol. The summed E-state index contributed by atoms with van der Waals surface area (Å²) < 4.78 is 21.5. The topological polar surface area (TPSA) is 75.5 Å². The van der Waals surface area contributed by atoms with Crippen LogP contribution in [0.3, 0.4) is 0 Å². The molecule has 3 aromatic rings. The van der Waals surface area contributed by atoms with E-state index in [1.54, 1.807) is 19.2 Å². The number of carbonyl (C=O) groups excluding carboxylic acids is 1. The molecule has 186 valence electrons. The standard InChI is InChI=1S/C26H33FN6O2/c1-6-35-24-13-23(30-14-22(24)27)17(2)33-9-7-20-19(16-31(4)5)11-18(12-21(20)25(33)34)15-32-10-8-29-26(32)28-3/h8,10-14,17H,6-7,9,15-16H2,1-5H3,(H,28,29)/t17-/m1/s1. The fraction of sp³-hybridized carbons (Fsp3) is 0.423. The number of benzene rings is 1. The fourth-order valence-electron chi connectivity index (χ4n) is 4.67. The first-order valence-corrected chi connectivity index (χ1v) is 11.9. The van der Waals surface area contributed by atoms with Gasteiger partial charge < -0.3 is 24.4 Å². The molecule has 1 aliphatic rings. The predicted molar refractivity (Wildman–Crippen MR) is 133 cm³/mol. The molecular weight excluding hydrogens is 447 g/mol. The molecule has 0 aliphatic carbocycles. The highest BCUT2D eigenvalue weighted by molar-refractivity contribution is 5.97. The van der Waals surface area contributed by atoms with E-state index in [4.69, 9.17) is 4.74 Å². The second-order valence-corrected chi connectivity index (χ2v) is 9.04. The lowest BCUT2D eigenvalue weighted by Gasteiger charge is -2.35. The van der Waals surface area contributed by atoms with Crippen LogP contribution in [0.25, 0.3) is 0 Å². The molecule has 1 atom stereocenters. The van der Waals surface area contributed by atoms with Crippen LogP contribution in [0, 0.1) is 5.82 Å². The molecule has 1 amide bonds. The second kappa shape index (κ2) is 10.4.